The lowest BCUT2D eigenvalue weighted by atomic mass is 9.81. The maximum Gasteiger partial charge on any atom is 0.0690 e. The van der Waals surface area contributed by atoms with Crippen LogP contribution in [0.2, 0.25) is 0 Å². The lowest BCUT2D eigenvalue weighted by Crippen LogP contribution is -2.38. The lowest BCUT2D eigenvalue weighted by molar-refractivity contribution is 0.108. The Kier molecular flexibility index (Phi) is 5.62. The number of rotatable bonds is 7. The first kappa shape index (κ1) is 13.0. The zero-order valence-corrected chi connectivity index (χ0v) is 10.5. The standard InChI is InChI=1S/C13H27NO/c1-4-10(2)13(15)9-14-11(3)8-12-6-5-7-12/h10-15H,4-9H2,1-3H3. The molecule has 1 aliphatic carbocycles. The predicted octanol–water partition coefficient (Wildman–Crippen LogP) is 2.56. The summed E-state index contributed by atoms with van der Waals surface area (Å²) in [5.74, 6) is 1.36. The molecule has 0 saturated heterocycles. The molecule has 0 radical (unpaired) electrons. The van der Waals surface area contributed by atoms with Gasteiger partial charge in [-0.1, -0.05) is 39.5 Å². The van der Waals surface area contributed by atoms with Crippen molar-refractivity contribution in [3.63, 3.8) is 0 Å². The summed E-state index contributed by atoms with van der Waals surface area (Å²) in [4.78, 5) is 0. The molecule has 0 aromatic heterocycles. The summed E-state index contributed by atoms with van der Waals surface area (Å²) in [6.07, 6.45) is 6.42. The van der Waals surface area contributed by atoms with Crippen molar-refractivity contribution in [1.29, 1.82) is 0 Å². The van der Waals surface area contributed by atoms with Gasteiger partial charge in [0.2, 0.25) is 0 Å². The number of nitrogens with one attached hydrogen (secondary N) is 1. The maximum absolute atomic E-state index is 9.81. The van der Waals surface area contributed by atoms with Crippen molar-refractivity contribution in [2.24, 2.45) is 11.8 Å². The summed E-state index contributed by atoms with van der Waals surface area (Å²) in [5.41, 5.74) is 0. The van der Waals surface area contributed by atoms with E-state index in [4.69, 9.17) is 0 Å². The van der Waals surface area contributed by atoms with Gasteiger partial charge in [-0.05, 0) is 25.2 Å². The number of hydrogen-bond acceptors (Lipinski definition) is 2. The van der Waals surface area contributed by atoms with Crippen LogP contribution in [0.1, 0.15) is 52.9 Å². The van der Waals surface area contributed by atoms with Crippen molar-refractivity contribution < 1.29 is 5.11 Å². The minimum absolute atomic E-state index is 0.182. The molecule has 1 saturated carbocycles. The molecule has 0 spiro atoms. The smallest absolute Gasteiger partial charge is 0.0690 e. The first-order chi connectivity index (χ1) is 7.13. The van der Waals surface area contributed by atoms with E-state index in [2.05, 4.69) is 26.1 Å². The molecule has 0 aromatic rings. The molecule has 90 valence electrons. The lowest BCUT2D eigenvalue weighted by Gasteiger charge is -2.29. The van der Waals surface area contributed by atoms with Crippen LogP contribution in [-0.2, 0) is 0 Å². The zero-order chi connectivity index (χ0) is 11.3. The Labute approximate surface area is 94.5 Å². The SMILES string of the molecule is CCC(C)C(O)CNC(C)CC1CCC1. The Morgan fingerprint density at radius 3 is 2.47 bits per heavy atom. The maximum atomic E-state index is 9.81. The summed E-state index contributed by atoms with van der Waals surface area (Å²) < 4.78 is 0. The van der Waals surface area contributed by atoms with Crippen LogP contribution in [0, 0.1) is 11.8 Å². The summed E-state index contributed by atoms with van der Waals surface area (Å²) >= 11 is 0. The fourth-order valence-electron chi connectivity index (χ4n) is 2.11. The van der Waals surface area contributed by atoms with Crippen molar-refractivity contribution in [2.75, 3.05) is 6.54 Å². The first-order valence-electron chi connectivity index (χ1n) is 6.55. The van der Waals surface area contributed by atoms with Gasteiger partial charge >= 0.3 is 0 Å². The van der Waals surface area contributed by atoms with E-state index in [1.54, 1.807) is 0 Å². The zero-order valence-electron chi connectivity index (χ0n) is 10.5. The normalized spacial score (nSPS) is 23.2. The van der Waals surface area contributed by atoms with Crippen LogP contribution in [0.4, 0.5) is 0 Å². The van der Waals surface area contributed by atoms with E-state index < -0.39 is 0 Å². The summed E-state index contributed by atoms with van der Waals surface area (Å²) in [6.45, 7) is 7.24. The van der Waals surface area contributed by atoms with E-state index in [1.165, 1.54) is 25.7 Å². The fraction of sp³-hybridized carbons (Fsp3) is 1.00. The second-order valence-electron chi connectivity index (χ2n) is 5.29. The molecule has 0 heterocycles. The van der Waals surface area contributed by atoms with E-state index in [-0.39, 0.29) is 6.10 Å². The third-order valence-corrected chi connectivity index (χ3v) is 3.89. The molecule has 2 heteroatoms. The second kappa shape index (κ2) is 6.49. The molecular formula is C13H27NO. The van der Waals surface area contributed by atoms with Gasteiger partial charge in [0.1, 0.15) is 0 Å². The molecule has 0 bridgehead atoms. The molecule has 15 heavy (non-hydrogen) atoms. The van der Waals surface area contributed by atoms with Gasteiger partial charge in [-0.25, -0.2) is 0 Å². The molecule has 0 aromatic carbocycles. The van der Waals surface area contributed by atoms with Gasteiger partial charge in [-0.2, -0.15) is 0 Å². The molecular weight excluding hydrogens is 186 g/mol. The third-order valence-electron chi connectivity index (χ3n) is 3.89. The van der Waals surface area contributed by atoms with Gasteiger partial charge in [0.05, 0.1) is 6.10 Å². The highest BCUT2D eigenvalue weighted by Crippen LogP contribution is 2.30. The third kappa shape index (κ3) is 4.52. The Morgan fingerprint density at radius 2 is 2.00 bits per heavy atom. The second-order valence-corrected chi connectivity index (χ2v) is 5.29. The monoisotopic (exact) mass is 213 g/mol. The van der Waals surface area contributed by atoms with Gasteiger partial charge in [0.15, 0.2) is 0 Å². The van der Waals surface area contributed by atoms with Crippen molar-refractivity contribution in [2.45, 2.75) is 65.0 Å². The van der Waals surface area contributed by atoms with Gasteiger partial charge in [0.25, 0.3) is 0 Å². The van der Waals surface area contributed by atoms with Crippen molar-refractivity contribution in [3.05, 3.63) is 0 Å². The number of aliphatic hydroxyl groups excluding tert-OH is 1. The Balaban J connectivity index is 2.06. The quantitative estimate of drug-likeness (QED) is 0.681. The highest BCUT2D eigenvalue weighted by molar-refractivity contribution is 4.76. The summed E-state index contributed by atoms with van der Waals surface area (Å²) in [7, 11) is 0. The van der Waals surface area contributed by atoms with Crippen LogP contribution < -0.4 is 5.32 Å². The molecule has 2 nitrogen and oxygen atoms in total. The van der Waals surface area contributed by atoms with Crippen LogP contribution in [0.3, 0.4) is 0 Å². The van der Waals surface area contributed by atoms with E-state index in [0.717, 1.165) is 18.9 Å². The van der Waals surface area contributed by atoms with Crippen molar-refractivity contribution >= 4 is 0 Å². The summed E-state index contributed by atoms with van der Waals surface area (Å²) in [6, 6.07) is 0.564. The fourth-order valence-corrected chi connectivity index (χ4v) is 2.11. The molecule has 3 unspecified atom stereocenters. The summed E-state index contributed by atoms with van der Waals surface area (Å²) in [5, 5.41) is 13.3. The number of aliphatic hydroxyl groups is 1. The van der Waals surface area contributed by atoms with Crippen LogP contribution in [0.25, 0.3) is 0 Å². The van der Waals surface area contributed by atoms with E-state index in [0.29, 0.717) is 12.0 Å². The van der Waals surface area contributed by atoms with Gasteiger partial charge in [-0.15, -0.1) is 0 Å². The van der Waals surface area contributed by atoms with E-state index in [9.17, 15) is 5.11 Å². The molecule has 0 aliphatic heterocycles. The highest BCUT2D eigenvalue weighted by atomic mass is 16.3. The van der Waals surface area contributed by atoms with Crippen LogP contribution >= 0.6 is 0 Å². The average Bonchev–Trinajstić information content (AvgIpc) is 2.18. The van der Waals surface area contributed by atoms with Crippen LogP contribution in [-0.4, -0.2) is 23.8 Å². The molecule has 2 N–H and O–H groups in total. The largest absolute Gasteiger partial charge is 0.392 e. The van der Waals surface area contributed by atoms with Crippen molar-refractivity contribution in [1.82, 2.24) is 5.32 Å². The predicted molar refractivity (Wildman–Crippen MR) is 64.9 cm³/mol. The van der Waals surface area contributed by atoms with Gasteiger partial charge in [-0.3, -0.25) is 0 Å². The molecule has 3 atom stereocenters. The van der Waals surface area contributed by atoms with E-state index >= 15 is 0 Å². The van der Waals surface area contributed by atoms with Crippen LogP contribution in [0.15, 0.2) is 0 Å². The average molecular weight is 213 g/mol. The molecule has 0 amide bonds. The first-order valence-corrected chi connectivity index (χ1v) is 6.55. The topological polar surface area (TPSA) is 32.3 Å². The van der Waals surface area contributed by atoms with Gasteiger partial charge < -0.3 is 10.4 Å². The molecule has 1 aliphatic rings. The Morgan fingerprint density at radius 1 is 1.33 bits per heavy atom. The van der Waals surface area contributed by atoms with Crippen LogP contribution in [0.5, 0.6) is 0 Å². The highest BCUT2D eigenvalue weighted by Gasteiger charge is 2.20. The Bertz CT molecular complexity index is 168. The molecule has 1 rings (SSSR count). The van der Waals surface area contributed by atoms with Gasteiger partial charge in [0, 0.05) is 12.6 Å². The number of hydrogen-bond donors (Lipinski definition) is 2. The van der Waals surface area contributed by atoms with Crippen molar-refractivity contribution in [3.8, 4) is 0 Å². The minimum Gasteiger partial charge on any atom is -0.392 e. The Hall–Kier alpha value is -0.0800. The minimum atomic E-state index is -0.182. The molecule has 1 fully saturated rings. The van der Waals surface area contributed by atoms with E-state index in [1.807, 2.05) is 0 Å².